The Balaban J connectivity index is 0.00000200. The highest BCUT2D eigenvalue weighted by Crippen LogP contribution is 2.12. The molecule has 0 aromatic heterocycles. The average molecular weight is 303 g/mol. The first-order chi connectivity index (χ1) is 9.16. The molecule has 20 heavy (non-hydrogen) atoms. The highest BCUT2D eigenvalue weighted by Gasteiger charge is 2.24. The molecule has 1 N–H and O–H groups in total. The Bertz CT molecular complexity index is 422. The van der Waals surface area contributed by atoms with Crippen LogP contribution in [0.3, 0.4) is 0 Å². The molecule has 112 valence electrons. The minimum atomic E-state index is -0.284. The van der Waals surface area contributed by atoms with Crippen LogP contribution in [0.25, 0.3) is 0 Å². The Morgan fingerprint density at radius 3 is 2.75 bits per heavy atom. The van der Waals surface area contributed by atoms with Crippen molar-refractivity contribution >= 4 is 18.3 Å². The number of hydrogen-bond donors (Lipinski definition) is 1. The van der Waals surface area contributed by atoms with Gasteiger partial charge >= 0.3 is 0 Å². The van der Waals surface area contributed by atoms with E-state index in [-0.39, 0.29) is 30.0 Å². The largest absolute Gasteiger partial charge is 0.492 e. The highest BCUT2D eigenvalue weighted by molar-refractivity contribution is 5.85. The molecule has 0 saturated carbocycles. The van der Waals surface area contributed by atoms with E-state index in [4.69, 9.17) is 4.74 Å². The lowest BCUT2D eigenvalue weighted by Gasteiger charge is -2.20. The molecule has 1 saturated heterocycles. The van der Waals surface area contributed by atoms with Gasteiger partial charge in [0.1, 0.15) is 18.2 Å². The number of nitrogens with one attached hydrogen (secondary N) is 1. The Hall–Kier alpha value is -1.33. The van der Waals surface area contributed by atoms with Gasteiger partial charge in [0, 0.05) is 13.6 Å². The molecule has 1 atom stereocenters. The fourth-order valence-electron chi connectivity index (χ4n) is 2.12. The smallest absolute Gasteiger partial charge is 0.226 e. The Morgan fingerprint density at radius 1 is 1.45 bits per heavy atom. The molecular formula is C14H20ClFN2O2. The van der Waals surface area contributed by atoms with Crippen LogP contribution in [0, 0.1) is 11.7 Å². The summed E-state index contributed by atoms with van der Waals surface area (Å²) in [7, 11) is 1.79. The topological polar surface area (TPSA) is 41.6 Å². The summed E-state index contributed by atoms with van der Waals surface area (Å²) in [6.45, 7) is 2.62. The first kappa shape index (κ1) is 16.7. The standard InChI is InChI=1S/C14H19FN2O2.ClH/c1-17(14(18)11-6-7-16-10-11)8-9-19-13-4-2-12(15)3-5-13;/h2-5,11,16H,6-10H2,1H3;1H. The van der Waals surface area contributed by atoms with Gasteiger partial charge in [-0.25, -0.2) is 4.39 Å². The van der Waals surface area contributed by atoms with Crippen LogP contribution in [0.2, 0.25) is 0 Å². The maximum absolute atomic E-state index is 12.7. The Morgan fingerprint density at radius 2 is 2.15 bits per heavy atom. The zero-order valence-electron chi connectivity index (χ0n) is 11.5. The third kappa shape index (κ3) is 4.65. The van der Waals surface area contributed by atoms with E-state index in [1.807, 2.05) is 0 Å². The molecule has 1 amide bonds. The van der Waals surface area contributed by atoms with Crippen molar-refractivity contribution in [3.63, 3.8) is 0 Å². The predicted octanol–water partition coefficient (Wildman–Crippen LogP) is 1.69. The number of carbonyl (C=O) groups is 1. The van der Waals surface area contributed by atoms with Gasteiger partial charge in [-0.15, -0.1) is 12.4 Å². The molecule has 1 heterocycles. The summed E-state index contributed by atoms with van der Waals surface area (Å²) in [4.78, 5) is 13.7. The van der Waals surface area contributed by atoms with Crippen molar-refractivity contribution in [1.82, 2.24) is 10.2 Å². The van der Waals surface area contributed by atoms with Crippen molar-refractivity contribution in [2.24, 2.45) is 5.92 Å². The van der Waals surface area contributed by atoms with Gasteiger partial charge in [0.25, 0.3) is 0 Å². The van der Waals surface area contributed by atoms with Crippen LogP contribution in [0.15, 0.2) is 24.3 Å². The normalized spacial score (nSPS) is 17.4. The van der Waals surface area contributed by atoms with E-state index >= 15 is 0 Å². The summed E-state index contributed by atoms with van der Waals surface area (Å²) in [6, 6.07) is 5.87. The summed E-state index contributed by atoms with van der Waals surface area (Å²) in [5.74, 6) is 0.585. The van der Waals surface area contributed by atoms with Crippen LogP contribution in [0.5, 0.6) is 5.75 Å². The molecule has 4 nitrogen and oxygen atoms in total. The summed E-state index contributed by atoms with van der Waals surface area (Å²) in [5, 5.41) is 3.18. The lowest BCUT2D eigenvalue weighted by atomic mass is 10.1. The van der Waals surface area contributed by atoms with Gasteiger partial charge in [-0.2, -0.15) is 0 Å². The van der Waals surface area contributed by atoms with Crippen molar-refractivity contribution in [3.05, 3.63) is 30.1 Å². The number of amides is 1. The molecule has 0 bridgehead atoms. The Kier molecular flexibility index (Phi) is 6.75. The quantitative estimate of drug-likeness (QED) is 0.900. The third-order valence-electron chi connectivity index (χ3n) is 3.29. The van der Waals surface area contributed by atoms with Crippen LogP contribution in [-0.4, -0.2) is 44.1 Å². The number of carbonyl (C=O) groups excluding carboxylic acids is 1. The van der Waals surface area contributed by atoms with E-state index in [1.54, 1.807) is 24.1 Å². The van der Waals surface area contributed by atoms with E-state index in [0.29, 0.717) is 18.9 Å². The zero-order valence-corrected chi connectivity index (χ0v) is 12.3. The minimum absolute atomic E-state index is 0. The van der Waals surface area contributed by atoms with E-state index < -0.39 is 0 Å². The fourth-order valence-corrected chi connectivity index (χ4v) is 2.12. The highest BCUT2D eigenvalue weighted by atomic mass is 35.5. The van der Waals surface area contributed by atoms with Crippen LogP contribution in [-0.2, 0) is 4.79 Å². The van der Waals surface area contributed by atoms with Crippen molar-refractivity contribution in [2.75, 3.05) is 33.3 Å². The maximum atomic E-state index is 12.7. The van der Waals surface area contributed by atoms with E-state index in [0.717, 1.165) is 19.5 Å². The maximum Gasteiger partial charge on any atom is 0.226 e. The second-order valence-corrected chi connectivity index (χ2v) is 4.75. The first-order valence-electron chi connectivity index (χ1n) is 6.51. The predicted molar refractivity (Wildman–Crippen MR) is 77.8 cm³/mol. The van der Waals surface area contributed by atoms with E-state index in [9.17, 15) is 9.18 Å². The van der Waals surface area contributed by atoms with Crippen molar-refractivity contribution in [1.29, 1.82) is 0 Å². The van der Waals surface area contributed by atoms with Crippen molar-refractivity contribution in [3.8, 4) is 5.75 Å². The lowest BCUT2D eigenvalue weighted by Crippen LogP contribution is -2.36. The molecule has 6 heteroatoms. The van der Waals surface area contributed by atoms with E-state index in [2.05, 4.69) is 5.32 Å². The van der Waals surface area contributed by atoms with Crippen LogP contribution >= 0.6 is 12.4 Å². The number of halogens is 2. The molecule has 1 aliphatic heterocycles. The van der Waals surface area contributed by atoms with Gasteiger partial charge in [-0.1, -0.05) is 0 Å². The Labute approximate surface area is 124 Å². The molecule has 2 rings (SSSR count). The molecule has 0 spiro atoms. The van der Waals surface area contributed by atoms with Crippen LogP contribution in [0.1, 0.15) is 6.42 Å². The molecule has 1 unspecified atom stereocenters. The average Bonchev–Trinajstić information content (AvgIpc) is 2.94. The molecule has 1 aromatic rings. The van der Waals surface area contributed by atoms with Gasteiger partial charge < -0.3 is 15.0 Å². The summed E-state index contributed by atoms with van der Waals surface area (Å²) in [5.41, 5.74) is 0. The number of nitrogens with zero attached hydrogens (tertiary/aromatic N) is 1. The van der Waals surface area contributed by atoms with Crippen molar-refractivity contribution < 1.29 is 13.9 Å². The molecular weight excluding hydrogens is 283 g/mol. The monoisotopic (exact) mass is 302 g/mol. The lowest BCUT2D eigenvalue weighted by molar-refractivity contribution is -0.133. The third-order valence-corrected chi connectivity index (χ3v) is 3.29. The molecule has 1 aromatic carbocycles. The van der Waals surface area contributed by atoms with Crippen LogP contribution in [0.4, 0.5) is 4.39 Å². The van der Waals surface area contributed by atoms with Gasteiger partial charge in [0.2, 0.25) is 5.91 Å². The molecule has 1 fully saturated rings. The molecule has 0 radical (unpaired) electrons. The SMILES string of the molecule is CN(CCOc1ccc(F)cc1)C(=O)C1CCNC1.Cl. The molecule has 0 aliphatic carbocycles. The molecule has 1 aliphatic rings. The summed E-state index contributed by atoms with van der Waals surface area (Å²) < 4.78 is 18.2. The second-order valence-electron chi connectivity index (χ2n) is 4.75. The number of rotatable bonds is 5. The number of benzene rings is 1. The second kappa shape index (κ2) is 8.07. The number of ether oxygens (including phenoxy) is 1. The zero-order chi connectivity index (χ0) is 13.7. The van der Waals surface area contributed by atoms with Gasteiger partial charge in [-0.05, 0) is 37.2 Å². The van der Waals surface area contributed by atoms with Gasteiger partial charge in [0.15, 0.2) is 0 Å². The first-order valence-corrected chi connectivity index (χ1v) is 6.51. The van der Waals surface area contributed by atoms with Gasteiger partial charge in [-0.3, -0.25) is 4.79 Å². The van der Waals surface area contributed by atoms with Gasteiger partial charge in [0.05, 0.1) is 12.5 Å². The summed E-state index contributed by atoms with van der Waals surface area (Å²) >= 11 is 0. The summed E-state index contributed by atoms with van der Waals surface area (Å²) in [6.07, 6.45) is 0.905. The van der Waals surface area contributed by atoms with Crippen molar-refractivity contribution in [2.45, 2.75) is 6.42 Å². The number of likely N-dealkylation sites (N-methyl/N-ethyl adjacent to an activating group) is 1. The number of hydrogen-bond acceptors (Lipinski definition) is 3. The minimum Gasteiger partial charge on any atom is -0.492 e. The van der Waals surface area contributed by atoms with Crippen LogP contribution < -0.4 is 10.1 Å². The fraction of sp³-hybridized carbons (Fsp3) is 0.500. The van der Waals surface area contributed by atoms with E-state index in [1.165, 1.54) is 12.1 Å².